The Bertz CT molecular complexity index is 653. The summed E-state index contributed by atoms with van der Waals surface area (Å²) in [5.41, 5.74) is 6.61. The van der Waals surface area contributed by atoms with Crippen molar-refractivity contribution in [1.82, 2.24) is 0 Å². The van der Waals surface area contributed by atoms with Crippen LogP contribution >= 0.6 is 15.9 Å². The molecule has 0 aliphatic carbocycles. The fraction of sp³-hybridized carbons (Fsp3) is 0. The molecule has 0 spiro atoms. The third kappa shape index (κ3) is 2.79. The van der Waals surface area contributed by atoms with Crippen molar-refractivity contribution in [3.8, 4) is 11.1 Å². The number of primary amides is 1. The van der Waals surface area contributed by atoms with E-state index in [-0.39, 0.29) is 11.3 Å². The molecule has 0 fully saturated rings. The van der Waals surface area contributed by atoms with Crippen LogP contribution in [0, 0.1) is 10.1 Å². The molecular formula is C13H9BrN2O3. The van der Waals surface area contributed by atoms with Gasteiger partial charge < -0.3 is 5.73 Å². The molecule has 0 heterocycles. The molecule has 6 heteroatoms. The van der Waals surface area contributed by atoms with Crippen molar-refractivity contribution < 1.29 is 9.72 Å². The highest BCUT2D eigenvalue weighted by molar-refractivity contribution is 9.10. The molecule has 0 saturated carbocycles. The van der Waals surface area contributed by atoms with Gasteiger partial charge in [0.15, 0.2) is 0 Å². The second-order valence-corrected chi connectivity index (χ2v) is 4.77. The zero-order valence-corrected chi connectivity index (χ0v) is 11.3. The number of carbonyl (C=O) groups excluding carboxylic acids is 1. The topological polar surface area (TPSA) is 86.2 Å². The van der Waals surface area contributed by atoms with Gasteiger partial charge in [0.2, 0.25) is 5.91 Å². The van der Waals surface area contributed by atoms with E-state index in [1.807, 2.05) is 0 Å². The number of benzene rings is 2. The van der Waals surface area contributed by atoms with Crippen LogP contribution in [0.2, 0.25) is 0 Å². The van der Waals surface area contributed by atoms with Crippen LogP contribution in [-0.4, -0.2) is 10.8 Å². The second kappa shape index (κ2) is 5.19. The molecule has 0 aromatic heterocycles. The quantitative estimate of drug-likeness (QED) is 0.696. The van der Waals surface area contributed by atoms with Crippen LogP contribution in [0.4, 0.5) is 5.69 Å². The maximum absolute atomic E-state index is 11.4. The fourth-order valence-electron chi connectivity index (χ4n) is 1.73. The molecule has 0 aliphatic rings. The Labute approximate surface area is 117 Å². The van der Waals surface area contributed by atoms with Crippen molar-refractivity contribution in [3.05, 3.63) is 62.6 Å². The number of nitrogens with two attached hydrogens (primary N) is 1. The van der Waals surface area contributed by atoms with Gasteiger partial charge >= 0.3 is 0 Å². The van der Waals surface area contributed by atoms with Crippen LogP contribution < -0.4 is 5.73 Å². The Morgan fingerprint density at radius 2 is 1.79 bits per heavy atom. The minimum atomic E-state index is -0.618. The van der Waals surface area contributed by atoms with E-state index in [0.717, 1.165) is 4.47 Å². The number of amides is 1. The van der Waals surface area contributed by atoms with E-state index in [4.69, 9.17) is 5.73 Å². The Kier molecular flexibility index (Phi) is 3.62. The van der Waals surface area contributed by atoms with E-state index < -0.39 is 10.8 Å². The summed E-state index contributed by atoms with van der Waals surface area (Å²) in [6.07, 6.45) is 0. The zero-order valence-electron chi connectivity index (χ0n) is 9.67. The maximum Gasteiger partial charge on any atom is 0.270 e. The first-order valence-electron chi connectivity index (χ1n) is 5.33. The van der Waals surface area contributed by atoms with Gasteiger partial charge in [-0.3, -0.25) is 14.9 Å². The summed E-state index contributed by atoms with van der Waals surface area (Å²) in [5.74, 6) is -0.618. The Morgan fingerprint density at radius 3 is 2.32 bits per heavy atom. The summed E-state index contributed by atoms with van der Waals surface area (Å²) in [6.45, 7) is 0. The number of hydrogen-bond donors (Lipinski definition) is 1. The molecule has 19 heavy (non-hydrogen) atoms. The van der Waals surface area contributed by atoms with Gasteiger partial charge in [0.05, 0.1) is 4.92 Å². The molecule has 0 atom stereocenters. The number of halogens is 1. The number of nitro groups is 1. The van der Waals surface area contributed by atoms with Gasteiger partial charge in [-0.1, -0.05) is 28.1 Å². The van der Waals surface area contributed by atoms with Gasteiger partial charge in [-0.25, -0.2) is 0 Å². The lowest BCUT2D eigenvalue weighted by atomic mass is 9.98. The highest BCUT2D eigenvalue weighted by Crippen LogP contribution is 2.28. The molecule has 96 valence electrons. The first kappa shape index (κ1) is 13.2. The molecule has 2 aromatic rings. The van der Waals surface area contributed by atoms with E-state index in [9.17, 15) is 14.9 Å². The molecular weight excluding hydrogens is 312 g/mol. The van der Waals surface area contributed by atoms with Gasteiger partial charge in [-0.05, 0) is 23.8 Å². The third-order valence-electron chi connectivity index (χ3n) is 2.63. The van der Waals surface area contributed by atoms with Crippen LogP contribution in [0.3, 0.4) is 0 Å². The third-order valence-corrected chi connectivity index (χ3v) is 3.16. The molecule has 0 bridgehead atoms. The standard InChI is InChI=1S/C13H9BrN2O3/c14-9-3-1-8(2-4-9)12-7-10(16(18)19)5-6-11(12)13(15)17/h1-7H,(H2,15,17). The maximum atomic E-state index is 11.4. The predicted octanol–water partition coefficient (Wildman–Crippen LogP) is 3.12. The predicted molar refractivity (Wildman–Crippen MR) is 74.8 cm³/mol. The average Bonchev–Trinajstić information content (AvgIpc) is 2.38. The van der Waals surface area contributed by atoms with Crippen molar-refractivity contribution in [2.45, 2.75) is 0 Å². The minimum Gasteiger partial charge on any atom is -0.366 e. The van der Waals surface area contributed by atoms with E-state index in [2.05, 4.69) is 15.9 Å². The van der Waals surface area contributed by atoms with Crippen molar-refractivity contribution in [1.29, 1.82) is 0 Å². The average molecular weight is 321 g/mol. The number of nitro benzene ring substituents is 1. The van der Waals surface area contributed by atoms with Crippen molar-refractivity contribution in [2.24, 2.45) is 5.73 Å². The first-order valence-corrected chi connectivity index (χ1v) is 6.12. The van der Waals surface area contributed by atoms with E-state index in [0.29, 0.717) is 11.1 Å². The molecule has 2 aromatic carbocycles. The number of hydrogen-bond acceptors (Lipinski definition) is 3. The van der Waals surface area contributed by atoms with Crippen LogP contribution in [0.5, 0.6) is 0 Å². The van der Waals surface area contributed by atoms with Crippen molar-refractivity contribution >= 4 is 27.5 Å². The van der Waals surface area contributed by atoms with E-state index in [1.54, 1.807) is 24.3 Å². The van der Waals surface area contributed by atoms with Crippen LogP contribution in [0.25, 0.3) is 11.1 Å². The highest BCUT2D eigenvalue weighted by atomic mass is 79.9. The Balaban J connectivity index is 2.64. The molecule has 2 rings (SSSR count). The largest absolute Gasteiger partial charge is 0.366 e. The summed E-state index contributed by atoms with van der Waals surface area (Å²) in [5, 5.41) is 10.8. The van der Waals surface area contributed by atoms with E-state index in [1.165, 1.54) is 18.2 Å². The lowest BCUT2D eigenvalue weighted by Crippen LogP contribution is -2.12. The Morgan fingerprint density at radius 1 is 1.16 bits per heavy atom. The van der Waals surface area contributed by atoms with Gasteiger partial charge in [0, 0.05) is 27.7 Å². The zero-order chi connectivity index (χ0) is 14.0. The number of nitrogens with zero attached hydrogens (tertiary/aromatic N) is 1. The summed E-state index contributed by atoms with van der Waals surface area (Å²) in [7, 11) is 0. The van der Waals surface area contributed by atoms with Crippen molar-refractivity contribution in [2.75, 3.05) is 0 Å². The monoisotopic (exact) mass is 320 g/mol. The van der Waals surface area contributed by atoms with Gasteiger partial charge in [-0.15, -0.1) is 0 Å². The lowest BCUT2D eigenvalue weighted by Gasteiger charge is -2.07. The van der Waals surface area contributed by atoms with Crippen LogP contribution in [-0.2, 0) is 0 Å². The normalized spacial score (nSPS) is 10.2. The van der Waals surface area contributed by atoms with Crippen LogP contribution in [0.15, 0.2) is 46.9 Å². The van der Waals surface area contributed by atoms with Gasteiger partial charge in [0.1, 0.15) is 0 Å². The fourth-order valence-corrected chi connectivity index (χ4v) is 1.99. The number of carbonyl (C=O) groups is 1. The molecule has 0 saturated heterocycles. The lowest BCUT2D eigenvalue weighted by molar-refractivity contribution is -0.384. The molecule has 0 aliphatic heterocycles. The molecule has 2 N–H and O–H groups in total. The minimum absolute atomic E-state index is 0.0806. The smallest absolute Gasteiger partial charge is 0.270 e. The summed E-state index contributed by atoms with van der Waals surface area (Å²) >= 11 is 3.30. The summed E-state index contributed by atoms with van der Waals surface area (Å²) in [6, 6.07) is 11.1. The molecule has 0 radical (unpaired) electrons. The van der Waals surface area contributed by atoms with Crippen LogP contribution in [0.1, 0.15) is 10.4 Å². The molecule has 5 nitrogen and oxygen atoms in total. The number of rotatable bonds is 3. The SMILES string of the molecule is NC(=O)c1ccc([N+](=O)[O-])cc1-c1ccc(Br)cc1. The van der Waals surface area contributed by atoms with E-state index >= 15 is 0 Å². The summed E-state index contributed by atoms with van der Waals surface area (Å²) < 4.78 is 0.877. The van der Waals surface area contributed by atoms with Gasteiger partial charge in [0.25, 0.3) is 5.69 Å². The number of non-ortho nitro benzene ring substituents is 1. The second-order valence-electron chi connectivity index (χ2n) is 3.86. The van der Waals surface area contributed by atoms with Crippen molar-refractivity contribution in [3.63, 3.8) is 0 Å². The Hall–Kier alpha value is -2.21. The summed E-state index contributed by atoms with van der Waals surface area (Å²) in [4.78, 5) is 21.7. The highest BCUT2D eigenvalue weighted by Gasteiger charge is 2.15. The first-order chi connectivity index (χ1) is 8.99. The molecule has 0 unspecified atom stereocenters. The van der Waals surface area contributed by atoms with Gasteiger partial charge in [-0.2, -0.15) is 0 Å². The molecule has 1 amide bonds.